The maximum Gasteiger partial charge on any atom is 0.332 e. The Hall–Kier alpha value is -2.70. The third-order valence-electron chi connectivity index (χ3n) is 3.94. The van der Waals surface area contributed by atoms with Gasteiger partial charge in [0, 0.05) is 38.4 Å². The van der Waals surface area contributed by atoms with Crippen molar-refractivity contribution in [2.24, 2.45) is 14.1 Å². The maximum absolute atomic E-state index is 12.6. The van der Waals surface area contributed by atoms with Gasteiger partial charge in [-0.3, -0.25) is 18.9 Å². The van der Waals surface area contributed by atoms with Crippen molar-refractivity contribution in [2.45, 2.75) is 26.8 Å². The Morgan fingerprint density at radius 3 is 2.57 bits per heavy atom. The largest absolute Gasteiger partial charge is 0.332 e. The van der Waals surface area contributed by atoms with Crippen molar-refractivity contribution < 1.29 is 0 Å². The third-order valence-corrected chi connectivity index (χ3v) is 3.94. The molecule has 0 bridgehead atoms. The van der Waals surface area contributed by atoms with Crippen LogP contribution in [0.4, 0.5) is 0 Å². The van der Waals surface area contributed by atoms with E-state index in [0.717, 1.165) is 17.0 Å². The summed E-state index contributed by atoms with van der Waals surface area (Å²) in [6.07, 6.45) is 2.07. The predicted octanol–water partition coefficient (Wildman–Crippen LogP) is 0.688. The molecule has 0 aliphatic rings. The fourth-order valence-corrected chi connectivity index (χ4v) is 2.87. The van der Waals surface area contributed by atoms with Crippen molar-refractivity contribution in [3.05, 3.63) is 56.2 Å². The van der Waals surface area contributed by atoms with E-state index in [4.69, 9.17) is 0 Å². The van der Waals surface area contributed by atoms with Crippen LogP contribution in [-0.4, -0.2) is 23.7 Å². The van der Waals surface area contributed by atoms with Gasteiger partial charge in [-0.25, -0.2) is 9.78 Å². The SMILES string of the molecule is Cc1cc(C)nc(CCn2c(=O)c3c(ncn3C)n(C)c2=O)c1. The van der Waals surface area contributed by atoms with Crippen LogP contribution in [-0.2, 0) is 27.1 Å². The Labute approximate surface area is 132 Å². The predicted molar refractivity (Wildman–Crippen MR) is 87.6 cm³/mol. The fourth-order valence-electron chi connectivity index (χ4n) is 2.87. The van der Waals surface area contributed by atoms with E-state index in [1.54, 1.807) is 25.0 Å². The van der Waals surface area contributed by atoms with Gasteiger partial charge in [0.2, 0.25) is 0 Å². The van der Waals surface area contributed by atoms with Crippen molar-refractivity contribution in [2.75, 3.05) is 0 Å². The number of hydrogen-bond donors (Lipinski definition) is 0. The summed E-state index contributed by atoms with van der Waals surface area (Å²) in [5.74, 6) is 0. The topological polar surface area (TPSA) is 74.7 Å². The zero-order valence-corrected chi connectivity index (χ0v) is 13.7. The average Bonchev–Trinajstić information content (AvgIpc) is 2.86. The van der Waals surface area contributed by atoms with E-state index in [9.17, 15) is 9.59 Å². The van der Waals surface area contributed by atoms with Gasteiger partial charge in [0.25, 0.3) is 5.56 Å². The molecule has 23 heavy (non-hydrogen) atoms. The first-order chi connectivity index (χ1) is 10.9. The summed E-state index contributed by atoms with van der Waals surface area (Å²) < 4.78 is 4.30. The Morgan fingerprint density at radius 1 is 1.13 bits per heavy atom. The maximum atomic E-state index is 12.6. The minimum absolute atomic E-state index is 0.294. The standard InChI is InChI=1S/C16H19N5O2/c1-10-7-11(2)18-12(8-10)5-6-21-15(22)13-14(17-9-19(13)3)20(4)16(21)23/h7-9H,5-6H2,1-4H3. The van der Waals surface area contributed by atoms with E-state index in [2.05, 4.69) is 9.97 Å². The van der Waals surface area contributed by atoms with Crippen molar-refractivity contribution in [3.8, 4) is 0 Å². The number of pyridine rings is 1. The highest BCUT2D eigenvalue weighted by atomic mass is 16.2. The first-order valence-corrected chi connectivity index (χ1v) is 7.43. The fraction of sp³-hybridized carbons (Fsp3) is 0.375. The first kappa shape index (κ1) is 15.2. The van der Waals surface area contributed by atoms with Crippen LogP contribution >= 0.6 is 0 Å². The Kier molecular flexibility index (Phi) is 3.63. The third kappa shape index (κ3) is 2.58. The van der Waals surface area contributed by atoms with Crippen LogP contribution in [0.5, 0.6) is 0 Å². The highest BCUT2D eigenvalue weighted by Crippen LogP contribution is 2.06. The lowest BCUT2D eigenvalue weighted by Crippen LogP contribution is -2.40. The molecular weight excluding hydrogens is 294 g/mol. The molecule has 3 heterocycles. The number of imidazole rings is 1. The molecule has 0 aliphatic carbocycles. The van der Waals surface area contributed by atoms with Gasteiger partial charge in [-0.15, -0.1) is 0 Å². The molecule has 0 fully saturated rings. The van der Waals surface area contributed by atoms with Crippen molar-refractivity contribution in [1.29, 1.82) is 0 Å². The normalized spacial score (nSPS) is 11.3. The molecule has 0 unspecified atom stereocenters. The zero-order chi connectivity index (χ0) is 16.7. The van der Waals surface area contributed by atoms with Crippen LogP contribution in [0.15, 0.2) is 28.0 Å². The van der Waals surface area contributed by atoms with E-state index in [1.165, 1.54) is 9.13 Å². The lowest BCUT2D eigenvalue weighted by atomic mass is 10.2. The molecule has 0 amide bonds. The summed E-state index contributed by atoms with van der Waals surface area (Å²) in [6, 6.07) is 3.97. The molecule has 0 aliphatic heterocycles. The molecule has 0 aromatic carbocycles. The van der Waals surface area contributed by atoms with E-state index < -0.39 is 0 Å². The van der Waals surface area contributed by atoms with Crippen LogP contribution < -0.4 is 11.2 Å². The molecule has 3 aromatic heterocycles. The number of hydrogen-bond acceptors (Lipinski definition) is 4. The number of nitrogens with zero attached hydrogens (tertiary/aromatic N) is 5. The summed E-state index contributed by atoms with van der Waals surface area (Å²) in [7, 11) is 3.37. The van der Waals surface area contributed by atoms with Crippen LogP contribution in [0, 0.1) is 13.8 Å². The minimum Gasteiger partial charge on any atom is -0.328 e. The van der Waals surface area contributed by atoms with E-state index in [-0.39, 0.29) is 11.2 Å². The van der Waals surface area contributed by atoms with Gasteiger partial charge >= 0.3 is 5.69 Å². The minimum atomic E-state index is -0.356. The first-order valence-electron chi connectivity index (χ1n) is 7.43. The molecule has 3 aromatic rings. The molecule has 3 rings (SSSR count). The van der Waals surface area contributed by atoms with Crippen LogP contribution in [0.3, 0.4) is 0 Å². The van der Waals surface area contributed by atoms with Crippen molar-refractivity contribution in [1.82, 2.24) is 23.7 Å². The molecule has 0 saturated carbocycles. The summed E-state index contributed by atoms with van der Waals surface area (Å²) in [4.78, 5) is 33.6. The lowest BCUT2D eigenvalue weighted by molar-refractivity contribution is 0.595. The lowest BCUT2D eigenvalue weighted by Gasteiger charge is -2.09. The second-order valence-electron chi connectivity index (χ2n) is 5.85. The summed E-state index contributed by atoms with van der Waals surface area (Å²) >= 11 is 0. The Bertz CT molecular complexity index is 989. The summed E-state index contributed by atoms with van der Waals surface area (Å²) in [6.45, 7) is 4.23. The van der Waals surface area contributed by atoms with E-state index in [1.807, 2.05) is 26.0 Å². The number of fused-ring (bicyclic) bond motifs is 1. The quantitative estimate of drug-likeness (QED) is 0.713. The number of rotatable bonds is 3. The zero-order valence-electron chi connectivity index (χ0n) is 13.7. The second-order valence-corrected chi connectivity index (χ2v) is 5.85. The van der Waals surface area contributed by atoms with Gasteiger partial charge in [-0.05, 0) is 31.5 Å². The van der Waals surface area contributed by atoms with E-state index >= 15 is 0 Å². The number of aryl methyl sites for hydroxylation is 5. The highest BCUT2D eigenvalue weighted by Gasteiger charge is 2.14. The van der Waals surface area contributed by atoms with Gasteiger partial charge in [-0.1, -0.05) is 0 Å². The smallest absolute Gasteiger partial charge is 0.328 e. The monoisotopic (exact) mass is 313 g/mol. The molecule has 0 radical (unpaired) electrons. The second kappa shape index (κ2) is 5.49. The van der Waals surface area contributed by atoms with Gasteiger partial charge in [0.1, 0.15) is 0 Å². The molecular formula is C16H19N5O2. The summed E-state index contributed by atoms with van der Waals surface area (Å²) in [5, 5.41) is 0. The molecule has 0 saturated heterocycles. The van der Waals surface area contributed by atoms with Gasteiger partial charge < -0.3 is 4.57 Å². The highest BCUT2D eigenvalue weighted by molar-refractivity contribution is 5.69. The molecule has 0 spiro atoms. The Morgan fingerprint density at radius 2 is 1.87 bits per heavy atom. The van der Waals surface area contributed by atoms with Gasteiger partial charge in [0.05, 0.1) is 6.33 Å². The molecule has 120 valence electrons. The summed E-state index contributed by atoms with van der Waals surface area (Å²) in [5.41, 5.74) is 3.10. The molecule has 0 atom stereocenters. The molecule has 7 heteroatoms. The van der Waals surface area contributed by atoms with Crippen LogP contribution in [0.1, 0.15) is 17.0 Å². The van der Waals surface area contributed by atoms with Crippen LogP contribution in [0.2, 0.25) is 0 Å². The number of aromatic nitrogens is 5. The molecule has 0 N–H and O–H groups in total. The van der Waals surface area contributed by atoms with Crippen molar-refractivity contribution in [3.63, 3.8) is 0 Å². The average molecular weight is 313 g/mol. The van der Waals surface area contributed by atoms with Gasteiger partial charge in [-0.2, -0.15) is 0 Å². The van der Waals surface area contributed by atoms with Crippen molar-refractivity contribution >= 4 is 11.2 Å². The Balaban J connectivity index is 2.05. The van der Waals surface area contributed by atoms with Gasteiger partial charge in [0.15, 0.2) is 11.2 Å². The van der Waals surface area contributed by atoms with Crippen LogP contribution in [0.25, 0.3) is 11.2 Å². The van der Waals surface area contributed by atoms with E-state index in [0.29, 0.717) is 24.1 Å². The molecule has 7 nitrogen and oxygen atoms in total.